The van der Waals surface area contributed by atoms with Crippen LogP contribution in [0, 0.1) is 11.8 Å². The normalized spacial score (nSPS) is 16.8. The van der Waals surface area contributed by atoms with Gasteiger partial charge in [-0.3, -0.25) is 9.36 Å². The molecule has 1 heterocycles. The van der Waals surface area contributed by atoms with E-state index in [4.69, 9.17) is 0 Å². The molecular formula is C13H21N3O2. The monoisotopic (exact) mass is 251 g/mol. The third-order valence-electron chi connectivity index (χ3n) is 3.73. The summed E-state index contributed by atoms with van der Waals surface area (Å²) >= 11 is 0. The molecule has 18 heavy (non-hydrogen) atoms. The fourth-order valence-corrected chi connectivity index (χ4v) is 2.27. The van der Waals surface area contributed by atoms with Gasteiger partial charge in [0.1, 0.15) is 0 Å². The van der Waals surface area contributed by atoms with E-state index in [2.05, 4.69) is 12.2 Å². The van der Waals surface area contributed by atoms with Gasteiger partial charge < -0.3 is 9.88 Å². The number of nitrogens with zero attached hydrogens (tertiary/aromatic N) is 2. The zero-order valence-corrected chi connectivity index (χ0v) is 11.3. The molecule has 1 aliphatic rings. The van der Waals surface area contributed by atoms with Gasteiger partial charge >= 0.3 is 5.69 Å². The molecule has 5 nitrogen and oxygen atoms in total. The second kappa shape index (κ2) is 5.10. The van der Waals surface area contributed by atoms with Crippen molar-refractivity contribution in [1.29, 1.82) is 0 Å². The van der Waals surface area contributed by atoms with Gasteiger partial charge in [-0.05, 0) is 31.2 Å². The first-order chi connectivity index (χ1) is 8.50. The molecule has 1 fully saturated rings. The smallest absolute Gasteiger partial charge is 0.312 e. The van der Waals surface area contributed by atoms with E-state index < -0.39 is 0 Å². The van der Waals surface area contributed by atoms with Gasteiger partial charge in [0.2, 0.25) is 0 Å². The van der Waals surface area contributed by atoms with Crippen LogP contribution >= 0.6 is 0 Å². The minimum Gasteiger partial charge on any atom is -0.312 e. The average Bonchev–Trinajstić information content (AvgIpc) is 3.17. The van der Waals surface area contributed by atoms with Crippen LogP contribution in [-0.2, 0) is 20.6 Å². The van der Waals surface area contributed by atoms with Crippen molar-refractivity contribution >= 4 is 0 Å². The SMILES string of the molecule is CC(CNCc1cn(C)c(=O)n(C)c1=O)C1CC1. The molecule has 1 aromatic heterocycles. The molecule has 100 valence electrons. The van der Waals surface area contributed by atoms with Crippen molar-refractivity contribution in [2.24, 2.45) is 25.9 Å². The fourth-order valence-electron chi connectivity index (χ4n) is 2.27. The third kappa shape index (κ3) is 2.72. The molecular weight excluding hydrogens is 230 g/mol. The van der Waals surface area contributed by atoms with Gasteiger partial charge in [-0.15, -0.1) is 0 Å². The zero-order chi connectivity index (χ0) is 13.3. The highest BCUT2D eigenvalue weighted by Crippen LogP contribution is 2.36. The van der Waals surface area contributed by atoms with Crippen molar-refractivity contribution in [3.63, 3.8) is 0 Å². The fraction of sp³-hybridized carbons (Fsp3) is 0.692. The quantitative estimate of drug-likeness (QED) is 0.814. The molecule has 5 heteroatoms. The molecule has 0 radical (unpaired) electrons. The largest absolute Gasteiger partial charge is 0.330 e. The number of nitrogens with one attached hydrogen (secondary N) is 1. The molecule has 1 atom stereocenters. The Hall–Kier alpha value is -1.36. The van der Waals surface area contributed by atoms with Gasteiger partial charge in [0, 0.05) is 32.4 Å². The number of aromatic nitrogens is 2. The molecule has 1 unspecified atom stereocenters. The Morgan fingerprint density at radius 2 is 2.06 bits per heavy atom. The van der Waals surface area contributed by atoms with Crippen LogP contribution in [0.25, 0.3) is 0 Å². The topological polar surface area (TPSA) is 56.0 Å². The Kier molecular flexibility index (Phi) is 3.71. The van der Waals surface area contributed by atoms with E-state index in [1.54, 1.807) is 13.2 Å². The third-order valence-corrected chi connectivity index (χ3v) is 3.73. The summed E-state index contributed by atoms with van der Waals surface area (Å²) in [5.74, 6) is 1.53. The number of hydrogen-bond donors (Lipinski definition) is 1. The van der Waals surface area contributed by atoms with Gasteiger partial charge in [-0.1, -0.05) is 6.92 Å². The standard InChI is InChI=1S/C13H21N3O2/c1-9(10-4-5-10)6-14-7-11-8-15(2)13(18)16(3)12(11)17/h8-10,14H,4-7H2,1-3H3. The Labute approximate surface area is 106 Å². The summed E-state index contributed by atoms with van der Waals surface area (Å²) in [5.41, 5.74) is 0.155. The highest BCUT2D eigenvalue weighted by Gasteiger charge is 2.27. The maximum Gasteiger partial charge on any atom is 0.330 e. The maximum atomic E-state index is 11.9. The van der Waals surface area contributed by atoms with E-state index in [0.717, 1.165) is 17.0 Å². The van der Waals surface area contributed by atoms with E-state index in [-0.39, 0.29) is 11.2 Å². The summed E-state index contributed by atoms with van der Waals surface area (Å²) in [5, 5.41) is 3.31. The van der Waals surface area contributed by atoms with Crippen LogP contribution in [0.3, 0.4) is 0 Å². The van der Waals surface area contributed by atoms with E-state index in [1.165, 1.54) is 24.5 Å². The predicted molar refractivity (Wildman–Crippen MR) is 70.5 cm³/mol. The summed E-state index contributed by atoms with van der Waals surface area (Å²) in [6.07, 6.45) is 4.30. The van der Waals surface area contributed by atoms with E-state index in [0.29, 0.717) is 18.0 Å². The highest BCUT2D eigenvalue weighted by molar-refractivity contribution is 5.05. The number of hydrogen-bond acceptors (Lipinski definition) is 3. The minimum atomic E-state index is -0.282. The zero-order valence-electron chi connectivity index (χ0n) is 11.3. The molecule has 0 bridgehead atoms. The predicted octanol–water partition coefficient (Wildman–Crippen LogP) is 0.220. The molecule has 0 aromatic carbocycles. The van der Waals surface area contributed by atoms with Gasteiger partial charge in [-0.2, -0.15) is 0 Å². The Morgan fingerprint density at radius 1 is 1.39 bits per heavy atom. The molecule has 0 amide bonds. The van der Waals surface area contributed by atoms with Gasteiger partial charge in [0.15, 0.2) is 0 Å². The summed E-state index contributed by atoms with van der Waals surface area (Å²) in [4.78, 5) is 23.4. The molecule has 1 N–H and O–H groups in total. The second-order valence-electron chi connectivity index (χ2n) is 5.36. The van der Waals surface area contributed by atoms with Crippen molar-refractivity contribution in [2.45, 2.75) is 26.3 Å². The lowest BCUT2D eigenvalue weighted by atomic mass is 10.1. The summed E-state index contributed by atoms with van der Waals surface area (Å²) < 4.78 is 2.60. The van der Waals surface area contributed by atoms with Crippen LogP contribution in [0.1, 0.15) is 25.3 Å². The Bertz CT molecular complexity index is 540. The lowest BCUT2D eigenvalue weighted by molar-refractivity contribution is 0.459. The van der Waals surface area contributed by atoms with Crippen molar-refractivity contribution in [3.8, 4) is 0 Å². The van der Waals surface area contributed by atoms with Crippen molar-refractivity contribution in [1.82, 2.24) is 14.5 Å². The Balaban J connectivity index is 2.01. The van der Waals surface area contributed by atoms with Gasteiger partial charge in [0.05, 0.1) is 0 Å². The minimum absolute atomic E-state index is 0.204. The van der Waals surface area contributed by atoms with Crippen LogP contribution in [0.15, 0.2) is 15.8 Å². The second-order valence-corrected chi connectivity index (χ2v) is 5.36. The van der Waals surface area contributed by atoms with Crippen LogP contribution in [0.4, 0.5) is 0 Å². The first-order valence-electron chi connectivity index (χ1n) is 6.47. The first kappa shape index (κ1) is 13.1. The van der Waals surface area contributed by atoms with E-state index in [1.807, 2.05) is 0 Å². The molecule has 2 rings (SSSR count). The number of aryl methyl sites for hydroxylation is 1. The van der Waals surface area contributed by atoms with Crippen molar-refractivity contribution in [2.75, 3.05) is 6.54 Å². The summed E-state index contributed by atoms with van der Waals surface area (Å²) in [7, 11) is 3.18. The van der Waals surface area contributed by atoms with E-state index >= 15 is 0 Å². The van der Waals surface area contributed by atoms with Crippen molar-refractivity contribution in [3.05, 3.63) is 32.6 Å². The van der Waals surface area contributed by atoms with Crippen LogP contribution < -0.4 is 16.6 Å². The van der Waals surface area contributed by atoms with Crippen LogP contribution in [0.5, 0.6) is 0 Å². The van der Waals surface area contributed by atoms with Crippen LogP contribution in [-0.4, -0.2) is 15.7 Å². The molecule has 1 saturated carbocycles. The molecule has 0 spiro atoms. The van der Waals surface area contributed by atoms with Crippen molar-refractivity contribution < 1.29 is 0 Å². The summed E-state index contributed by atoms with van der Waals surface area (Å²) in [6.45, 7) is 3.69. The lowest BCUT2D eigenvalue weighted by Crippen LogP contribution is -2.39. The molecule has 1 aromatic rings. The van der Waals surface area contributed by atoms with E-state index in [9.17, 15) is 9.59 Å². The first-order valence-corrected chi connectivity index (χ1v) is 6.47. The highest BCUT2D eigenvalue weighted by atomic mass is 16.2. The average molecular weight is 251 g/mol. The lowest BCUT2D eigenvalue weighted by Gasteiger charge is -2.12. The van der Waals surface area contributed by atoms with Gasteiger partial charge in [-0.25, -0.2) is 4.79 Å². The summed E-state index contributed by atoms with van der Waals surface area (Å²) in [6, 6.07) is 0. The van der Waals surface area contributed by atoms with Crippen LogP contribution in [0.2, 0.25) is 0 Å². The Morgan fingerprint density at radius 3 is 2.67 bits per heavy atom. The van der Waals surface area contributed by atoms with Gasteiger partial charge in [0.25, 0.3) is 5.56 Å². The molecule has 0 aliphatic heterocycles. The maximum absolute atomic E-state index is 11.9. The molecule has 1 aliphatic carbocycles. The number of rotatable bonds is 5. The molecule has 0 saturated heterocycles.